The van der Waals surface area contributed by atoms with E-state index >= 15 is 0 Å². The molecule has 2 aliphatic carbocycles. The lowest BCUT2D eigenvalue weighted by atomic mass is 9.72. The van der Waals surface area contributed by atoms with Crippen LogP contribution in [-0.2, 0) is 6.42 Å². The van der Waals surface area contributed by atoms with Gasteiger partial charge in [0.1, 0.15) is 0 Å². The van der Waals surface area contributed by atoms with Crippen LogP contribution in [-0.4, -0.2) is 6.04 Å². The maximum atomic E-state index is 6.41. The highest BCUT2D eigenvalue weighted by atomic mass is 14.7. The molecular weight excluding hydrogens is 218 g/mol. The number of hydrogen-bond acceptors (Lipinski definition) is 1. The molecule has 1 saturated carbocycles. The fourth-order valence-electron chi connectivity index (χ4n) is 3.78. The molecule has 1 fully saturated rings. The summed E-state index contributed by atoms with van der Waals surface area (Å²) in [6.45, 7) is 0. The van der Waals surface area contributed by atoms with Crippen molar-refractivity contribution in [3.05, 3.63) is 35.4 Å². The second kappa shape index (κ2) is 5.44. The lowest BCUT2D eigenvalue weighted by Crippen LogP contribution is -2.36. The SMILES string of the molecule is NC(CCC1CCCCC1)C1Cc2ccccc21. The van der Waals surface area contributed by atoms with Crippen LogP contribution < -0.4 is 5.73 Å². The molecule has 3 rings (SSSR count). The van der Waals surface area contributed by atoms with Crippen LogP contribution in [0, 0.1) is 5.92 Å². The van der Waals surface area contributed by atoms with Gasteiger partial charge in [0.25, 0.3) is 0 Å². The third-order valence-corrected chi connectivity index (χ3v) is 5.04. The zero-order valence-corrected chi connectivity index (χ0v) is 11.3. The Kier molecular flexibility index (Phi) is 3.69. The number of hydrogen-bond donors (Lipinski definition) is 1. The first-order valence-corrected chi connectivity index (χ1v) is 7.68. The quantitative estimate of drug-likeness (QED) is 0.849. The van der Waals surface area contributed by atoms with Gasteiger partial charge >= 0.3 is 0 Å². The van der Waals surface area contributed by atoms with Crippen LogP contribution in [0.3, 0.4) is 0 Å². The summed E-state index contributed by atoms with van der Waals surface area (Å²) in [5.41, 5.74) is 9.46. The van der Waals surface area contributed by atoms with E-state index in [0.29, 0.717) is 12.0 Å². The Bertz CT molecular complexity index is 392. The van der Waals surface area contributed by atoms with Crippen molar-refractivity contribution in [2.75, 3.05) is 0 Å². The maximum Gasteiger partial charge on any atom is 0.0111 e. The van der Waals surface area contributed by atoms with Crippen LogP contribution in [0.25, 0.3) is 0 Å². The van der Waals surface area contributed by atoms with E-state index in [-0.39, 0.29) is 0 Å². The Morgan fingerprint density at radius 3 is 2.67 bits per heavy atom. The van der Waals surface area contributed by atoms with Crippen molar-refractivity contribution in [2.45, 2.75) is 63.3 Å². The predicted molar refractivity (Wildman–Crippen MR) is 76.7 cm³/mol. The Morgan fingerprint density at radius 1 is 1.11 bits per heavy atom. The normalized spacial score (nSPS) is 25.3. The average Bonchev–Trinajstić information content (AvgIpc) is 2.39. The summed E-state index contributed by atoms with van der Waals surface area (Å²) in [4.78, 5) is 0. The first-order chi connectivity index (χ1) is 8.84. The van der Waals surface area contributed by atoms with Crippen LogP contribution in [0.2, 0.25) is 0 Å². The molecular formula is C17H25N. The van der Waals surface area contributed by atoms with Gasteiger partial charge in [-0.3, -0.25) is 0 Å². The summed E-state index contributed by atoms with van der Waals surface area (Å²) in [5.74, 6) is 1.62. The molecule has 0 heterocycles. The van der Waals surface area contributed by atoms with Crippen molar-refractivity contribution in [1.29, 1.82) is 0 Å². The molecule has 0 aromatic heterocycles. The third kappa shape index (κ3) is 2.47. The van der Waals surface area contributed by atoms with Gasteiger partial charge < -0.3 is 5.73 Å². The van der Waals surface area contributed by atoms with E-state index in [1.165, 1.54) is 62.5 Å². The molecule has 98 valence electrons. The van der Waals surface area contributed by atoms with Gasteiger partial charge in [0.2, 0.25) is 0 Å². The molecule has 0 spiro atoms. The maximum absolute atomic E-state index is 6.41. The predicted octanol–water partition coefficient (Wildman–Crippen LogP) is 4.01. The fraction of sp³-hybridized carbons (Fsp3) is 0.647. The van der Waals surface area contributed by atoms with Gasteiger partial charge in [-0.15, -0.1) is 0 Å². The Morgan fingerprint density at radius 2 is 1.89 bits per heavy atom. The Balaban J connectivity index is 1.49. The molecule has 1 nitrogen and oxygen atoms in total. The monoisotopic (exact) mass is 243 g/mol. The minimum atomic E-state index is 0.391. The molecule has 0 radical (unpaired) electrons. The summed E-state index contributed by atoms with van der Waals surface area (Å²) < 4.78 is 0. The molecule has 2 atom stereocenters. The van der Waals surface area contributed by atoms with Crippen molar-refractivity contribution in [3.63, 3.8) is 0 Å². The zero-order chi connectivity index (χ0) is 12.4. The molecule has 18 heavy (non-hydrogen) atoms. The molecule has 1 heteroatoms. The van der Waals surface area contributed by atoms with Crippen LogP contribution in [0.5, 0.6) is 0 Å². The van der Waals surface area contributed by atoms with Gasteiger partial charge in [-0.25, -0.2) is 0 Å². The van der Waals surface area contributed by atoms with Crippen molar-refractivity contribution < 1.29 is 0 Å². The van der Waals surface area contributed by atoms with Crippen molar-refractivity contribution in [3.8, 4) is 0 Å². The fourth-order valence-corrected chi connectivity index (χ4v) is 3.78. The molecule has 0 amide bonds. The lowest BCUT2D eigenvalue weighted by molar-refractivity contribution is 0.311. The highest BCUT2D eigenvalue weighted by Crippen LogP contribution is 2.38. The smallest absolute Gasteiger partial charge is 0.0111 e. The zero-order valence-electron chi connectivity index (χ0n) is 11.3. The number of nitrogens with two attached hydrogens (primary N) is 1. The van der Waals surface area contributed by atoms with Crippen molar-refractivity contribution in [1.82, 2.24) is 0 Å². The van der Waals surface area contributed by atoms with Gasteiger partial charge in [0, 0.05) is 12.0 Å². The topological polar surface area (TPSA) is 26.0 Å². The minimum absolute atomic E-state index is 0.391. The molecule has 0 aliphatic heterocycles. The summed E-state index contributed by atoms with van der Waals surface area (Å²) in [7, 11) is 0. The van der Waals surface area contributed by atoms with E-state index < -0.39 is 0 Å². The van der Waals surface area contributed by atoms with Crippen LogP contribution in [0.4, 0.5) is 0 Å². The largest absolute Gasteiger partial charge is 0.327 e. The number of fused-ring (bicyclic) bond motifs is 1. The first kappa shape index (κ1) is 12.2. The van der Waals surface area contributed by atoms with Crippen LogP contribution in [0.1, 0.15) is 62.0 Å². The molecule has 0 saturated heterocycles. The third-order valence-electron chi connectivity index (χ3n) is 5.04. The van der Waals surface area contributed by atoms with Crippen molar-refractivity contribution in [2.24, 2.45) is 11.7 Å². The molecule has 2 N–H and O–H groups in total. The Hall–Kier alpha value is -0.820. The van der Waals surface area contributed by atoms with Crippen LogP contribution in [0.15, 0.2) is 24.3 Å². The summed E-state index contributed by atoms with van der Waals surface area (Å²) in [6, 6.07) is 9.20. The van der Waals surface area contributed by atoms with E-state index in [9.17, 15) is 0 Å². The number of benzene rings is 1. The highest BCUT2D eigenvalue weighted by molar-refractivity contribution is 5.41. The van der Waals surface area contributed by atoms with Gasteiger partial charge in [-0.05, 0) is 36.3 Å². The summed E-state index contributed by atoms with van der Waals surface area (Å²) in [6.07, 6.45) is 11.1. The van der Waals surface area contributed by atoms with Crippen LogP contribution >= 0.6 is 0 Å². The van der Waals surface area contributed by atoms with E-state index in [2.05, 4.69) is 24.3 Å². The molecule has 2 aliphatic rings. The minimum Gasteiger partial charge on any atom is -0.327 e. The molecule has 1 aromatic rings. The highest BCUT2D eigenvalue weighted by Gasteiger charge is 2.30. The van der Waals surface area contributed by atoms with Crippen molar-refractivity contribution >= 4 is 0 Å². The van der Waals surface area contributed by atoms with Gasteiger partial charge in [-0.2, -0.15) is 0 Å². The average molecular weight is 243 g/mol. The molecule has 2 unspecified atom stereocenters. The lowest BCUT2D eigenvalue weighted by Gasteiger charge is -2.35. The summed E-state index contributed by atoms with van der Waals surface area (Å²) >= 11 is 0. The van der Waals surface area contributed by atoms with Gasteiger partial charge in [0.15, 0.2) is 0 Å². The second-order valence-electron chi connectivity index (χ2n) is 6.25. The standard InChI is InChI=1S/C17H25N/c18-17(11-10-13-6-2-1-3-7-13)16-12-14-8-4-5-9-15(14)16/h4-5,8-9,13,16-17H,1-3,6-7,10-12,18H2. The van der Waals surface area contributed by atoms with E-state index in [1.54, 1.807) is 0 Å². The van der Waals surface area contributed by atoms with Gasteiger partial charge in [-0.1, -0.05) is 56.4 Å². The second-order valence-corrected chi connectivity index (χ2v) is 6.25. The molecule has 1 aromatic carbocycles. The Labute approximate surface area is 111 Å². The summed E-state index contributed by atoms with van der Waals surface area (Å²) in [5, 5.41) is 0. The first-order valence-electron chi connectivity index (χ1n) is 7.68. The number of rotatable bonds is 4. The van der Waals surface area contributed by atoms with Gasteiger partial charge in [0.05, 0.1) is 0 Å². The van der Waals surface area contributed by atoms with E-state index in [0.717, 1.165) is 5.92 Å². The van der Waals surface area contributed by atoms with E-state index in [1.807, 2.05) is 0 Å². The van der Waals surface area contributed by atoms with E-state index in [4.69, 9.17) is 5.73 Å². The molecule has 0 bridgehead atoms.